The summed E-state index contributed by atoms with van der Waals surface area (Å²) in [5.74, 6) is -4.80. The second-order valence-corrected chi connectivity index (χ2v) is 4.33. The lowest BCUT2D eigenvalue weighted by Crippen LogP contribution is -2.29. The third-order valence-corrected chi connectivity index (χ3v) is 2.85. The van der Waals surface area contributed by atoms with Gasteiger partial charge in [-0.05, 0) is 24.3 Å². The van der Waals surface area contributed by atoms with Crippen LogP contribution in [-0.2, 0) is 0 Å². The van der Waals surface area contributed by atoms with Crippen molar-refractivity contribution >= 4 is 5.91 Å². The Bertz CT molecular complexity index is 771. The highest BCUT2D eigenvalue weighted by atomic mass is 19.1. The van der Waals surface area contributed by atoms with Crippen molar-refractivity contribution in [1.29, 1.82) is 5.26 Å². The molecule has 1 amide bonds. The molecule has 7 heteroatoms. The van der Waals surface area contributed by atoms with Crippen molar-refractivity contribution in [3.8, 4) is 6.07 Å². The third-order valence-electron chi connectivity index (χ3n) is 2.85. The Morgan fingerprint density at radius 2 is 1.64 bits per heavy atom. The zero-order valence-corrected chi connectivity index (χ0v) is 10.9. The molecule has 2 rings (SSSR count). The molecule has 0 aliphatic carbocycles. The van der Waals surface area contributed by atoms with E-state index in [0.29, 0.717) is 12.1 Å². The van der Waals surface area contributed by atoms with Crippen molar-refractivity contribution in [2.45, 2.75) is 6.04 Å². The number of rotatable bonds is 3. The van der Waals surface area contributed by atoms with E-state index in [1.54, 1.807) is 6.07 Å². The molecule has 0 heterocycles. The smallest absolute Gasteiger partial charge is 0.255 e. The van der Waals surface area contributed by atoms with Crippen LogP contribution in [0.5, 0.6) is 0 Å². The van der Waals surface area contributed by atoms with Crippen LogP contribution in [-0.4, -0.2) is 5.91 Å². The Labute approximate surface area is 122 Å². The topological polar surface area (TPSA) is 52.9 Å². The summed E-state index contributed by atoms with van der Waals surface area (Å²) in [4.78, 5) is 11.9. The standard InChI is InChI=1S/C15H8F4N2O/c16-8-2-4-12(18)11(5-8)15(22)21-14(7-20)10-3-1-9(17)6-13(10)19/h1-6,14H,(H,21,22). The van der Waals surface area contributed by atoms with Crippen molar-refractivity contribution in [2.24, 2.45) is 0 Å². The van der Waals surface area contributed by atoms with Crippen molar-refractivity contribution in [3.05, 3.63) is 70.8 Å². The molecule has 0 saturated carbocycles. The van der Waals surface area contributed by atoms with E-state index in [1.165, 1.54) is 0 Å². The van der Waals surface area contributed by atoms with E-state index >= 15 is 0 Å². The van der Waals surface area contributed by atoms with E-state index in [2.05, 4.69) is 5.32 Å². The van der Waals surface area contributed by atoms with Gasteiger partial charge in [0, 0.05) is 11.6 Å². The molecule has 0 bridgehead atoms. The number of hydrogen-bond acceptors (Lipinski definition) is 2. The molecule has 1 unspecified atom stereocenters. The van der Waals surface area contributed by atoms with Gasteiger partial charge in [0.2, 0.25) is 0 Å². The molecule has 1 atom stereocenters. The van der Waals surface area contributed by atoms with Crippen LogP contribution in [0, 0.1) is 34.6 Å². The van der Waals surface area contributed by atoms with Gasteiger partial charge in [-0.25, -0.2) is 17.6 Å². The fourth-order valence-corrected chi connectivity index (χ4v) is 1.80. The van der Waals surface area contributed by atoms with Gasteiger partial charge in [-0.3, -0.25) is 4.79 Å². The molecule has 112 valence electrons. The average molecular weight is 308 g/mol. The van der Waals surface area contributed by atoms with Crippen molar-refractivity contribution in [3.63, 3.8) is 0 Å². The van der Waals surface area contributed by atoms with Crippen LogP contribution in [0.4, 0.5) is 17.6 Å². The van der Waals surface area contributed by atoms with Crippen LogP contribution in [0.15, 0.2) is 36.4 Å². The number of halogens is 4. The van der Waals surface area contributed by atoms with Crippen LogP contribution < -0.4 is 5.32 Å². The lowest BCUT2D eigenvalue weighted by Gasteiger charge is -2.13. The number of carbonyl (C=O) groups is 1. The number of carbonyl (C=O) groups excluding carboxylic acids is 1. The molecule has 0 aliphatic heterocycles. The lowest BCUT2D eigenvalue weighted by molar-refractivity contribution is 0.0940. The third kappa shape index (κ3) is 3.23. The summed E-state index contributed by atoms with van der Waals surface area (Å²) in [6, 6.07) is 4.81. The number of nitrogens with zero attached hydrogens (tertiary/aromatic N) is 1. The van der Waals surface area contributed by atoms with Gasteiger partial charge in [0.15, 0.2) is 0 Å². The van der Waals surface area contributed by atoms with Gasteiger partial charge in [-0.15, -0.1) is 0 Å². The van der Waals surface area contributed by atoms with Crippen molar-refractivity contribution in [1.82, 2.24) is 5.32 Å². The molecule has 1 N–H and O–H groups in total. The predicted octanol–water partition coefficient (Wildman–Crippen LogP) is 3.24. The van der Waals surface area contributed by atoms with Gasteiger partial charge < -0.3 is 5.32 Å². The van der Waals surface area contributed by atoms with Crippen LogP contribution in [0.1, 0.15) is 22.0 Å². The van der Waals surface area contributed by atoms with Gasteiger partial charge in [0.1, 0.15) is 29.3 Å². The SMILES string of the molecule is N#CC(NC(=O)c1cc(F)ccc1F)c1ccc(F)cc1F. The first-order valence-electron chi connectivity index (χ1n) is 6.03. The van der Waals surface area contributed by atoms with E-state index in [-0.39, 0.29) is 5.56 Å². The van der Waals surface area contributed by atoms with Crippen molar-refractivity contribution in [2.75, 3.05) is 0 Å². The van der Waals surface area contributed by atoms with Gasteiger partial charge in [0.25, 0.3) is 5.91 Å². The van der Waals surface area contributed by atoms with E-state index in [4.69, 9.17) is 5.26 Å². The molecule has 0 fully saturated rings. The molecule has 0 spiro atoms. The molecule has 3 nitrogen and oxygen atoms in total. The van der Waals surface area contributed by atoms with Gasteiger partial charge >= 0.3 is 0 Å². The molecular weight excluding hydrogens is 300 g/mol. The lowest BCUT2D eigenvalue weighted by atomic mass is 10.1. The second kappa shape index (κ2) is 6.26. The largest absolute Gasteiger partial charge is 0.332 e. The minimum absolute atomic E-state index is 0.283. The van der Waals surface area contributed by atoms with Gasteiger partial charge in [-0.2, -0.15) is 5.26 Å². The highest BCUT2D eigenvalue weighted by Crippen LogP contribution is 2.19. The highest BCUT2D eigenvalue weighted by Gasteiger charge is 2.21. The summed E-state index contributed by atoms with van der Waals surface area (Å²) in [5, 5.41) is 11.1. The zero-order valence-electron chi connectivity index (χ0n) is 10.9. The van der Waals surface area contributed by atoms with Gasteiger partial charge in [-0.1, -0.05) is 6.07 Å². The first-order chi connectivity index (χ1) is 10.4. The Morgan fingerprint density at radius 3 is 2.27 bits per heavy atom. The van der Waals surface area contributed by atoms with E-state index in [0.717, 1.165) is 24.3 Å². The van der Waals surface area contributed by atoms with Crippen LogP contribution in [0.3, 0.4) is 0 Å². The first kappa shape index (κ1) is 15.5. The van der Waals surface area contributed by atoms with Crippen LogP contribution in [0.25, 0.3) is 0 Å². The molecule has 0 radical (unpaired) electrons. The molecule has 2 aromatic carbocycles. The van der Waals surface area contributed by atoms with Crippen LogP contribution in [0.2, 0.25) is 0 Å². The quantitative estimate of drug-likeness (QED) is 0.885. The normalized spacial score (nSPS) is 11.6. The molecule has 2 aromatic rings. The Kier molecular flexibility index (Phi) is 4.41. The van der Waals surface area contributed by atoms with E-state index in [9.17, 15) is 22.4 Å². The maximum atomic E-state index is 13.6. The predicted molar refractivity (Wildman–Crippen MR) is 68.5 cm³/mol. The summed E-state index contributed by atoms with van der Waals surface area (Å²) in [5.41, 5.74) is -0.906. The Hall–Kier alpha value is -2.88. The fraction of sp³-hybridized carbons (Fsp3) is 0.0667. The fourth-order valence-electron chi connectivity index (χ4n) is 1.80. The number of hydrogen-bond donors (Lipinski definition) is 1. The second-order valence-electron chi connectivity index (χ2n) is 4.33. The summed E-state index contributed by atoms with van der Waals surface area (Å²) in [7, 11) is 0. The summed E-state index contributed by atoms with van der Waals surface area (Å²) in [6.45, 7) is 0. The van der Waals surface area contributed by atoms with Gasteiger partial charge in [0.05, 0.1) is 11.6 Å². The van der Waals surface area contributed by atoms with Crippen molar-refractivity contribution < 1.29 is 22.4 Å². The minimum Gasteiger partial charge on any atom is -0.332 e. The Morgan fingerprint density at radius 1 is 1.00 bits per heavy atom. The molecule has 22 heavy (non-hydrogen) atoms. The minimum atomic E-state index is -1.48. The molecule has 0 saturated heterocycles. The molecular formula is C15H8F4N2O. The first-order valence-corrected chi connectivity index (χ1v) is 6.03. The number of amides is 1. The zero-order chi connectivity index (χ0) is 16.3. The van der Waals surface area contributed by atoms with E-state index < -0.39 is 40.8 Å². The number of nitrogens with one attached hydrogen (secondary N) is 1. The highest BCUT2D eigenvalue weighted by molar-refractivity contribution is 5.94. The summed E-state index contributed by atoms with van der Waals surface area (Å²) >= 11 is 0. The summed E-state index contributed by atoms with van der Waals surface area (Å²) in [6.07, 6.45) is 0. The number of benzene rings is 2. The molecule has 0 aliphatic rings. The molecule has 0 aromatic heterocycles. The monoisotopic (exact) mass is 308 g/mol. The Balaban J connectivity index is 2.29. The summed E-state index contributed by atoms with van der Waals surface area (Å²) < 4.78 is 53.0. The average Bonchev–Trinajstić information content (AvgIpc) is 2.47. The van der Waals surface area contributed by atoms with E-state index in [1.807, 2.05) is 0 Å². The number of nitriles is 1. The van der Waals surface area contributed by atoms with Crippen LogP contribution >= 0.6 is 0 Å². The maximum Gasteiger partial charge on any atom is 0.255 e. The maximum absolute atomic E-state index is 13.6.